The van der Waals surface area contributed by atoms with Gasteiger partial charge >= 0.3 is 6.36 Å². The van der Waals surface area contributed by atoms with Crippen LogP contribution in [0.2, 0.25) is 0 Å². The predicted molar refractivity (Wildman–Crippen MR) is 60.3 cm³/mol. The van der Waals surface area contributed by atoms with Crippen molar-refractivity contribution >= 4 is 5.82 Å². The summed E-state index contributed by atoms with van der Waals surface area (Å²) in [6.45, 7) is 4.35. The van der Waals surface area contributed by atoms with Crippen LogP contribution in [0.1, 0.15) is 19.4 Å². The molecule has 0 spiro atoms. The lowest BCUT2D eigenvalue weighted by molar-refractivity contribution is -0.311. The van der Waals surface area contributed by atoms with Crippen molar-refractivity contribution in [3.05, 3.63) is 23.9 Å². The first-order valence-electron chi connectivity index (χ1n) is 5.07. The van der Waals surface area contributed by atoms with Crippen molar-refractivity contribution < 1.29 is 17.9 Å². The number of hydrogen-bond acceptors (Lipinski definition) is 3. The van der Waals surface area contributed by atoms with E-state index in [1.54, 1.807) is 6.20 Å². The molecule has 1 aromatic heterocycles. The molecule has 0 aliphatic rings. The standard InChI is InChI=1S/C9H14N2.C2H3F3O/c1-7(2)6-8-4-3-5-11-9(8)10;1-6-2(3,4)5/h3-5,7H,6H2,1-2H3,(H2,10,11);1H3. The predicted octanol–water partition coefficient (Wildman–Crippen LogP) is 3.01. The molecule has 1 rings (SSSR count). The third kappa shape index (κ3) is 8.50. The number of rotatable bonds is 2. The highest BCUT2D eigenvalue weighted by molar-refractivity contribution is 5.38. The van der Waals surface area contributed by atoms with E-state index in [1.165, 1.54) is 0 Å². The largest absolute Gasteiger partial charge is 0.522 e. The van der Waals surface area contributed by atoms with Crippen molar-refractivity contribution in [2.75, 3.05) is 12.8 Å². The van der Waals surface area contributed by atoms with Gasteiger partial charge in [0.1, 0.15) is 5.82 Å². The third-order valence-electron chi connectivity index (χ3n) is 1.79. The second-order valence-electron chi connectivity index (χ2n) is 3.80. The molecule has 0 saturated heterocycles. The Balaban J connectivity index is 0.000000366. The summed E-state index contributed by atoms with van der Waals surface area (Å²) in [7, 11) is 0.583. The molecule has 98 valence electrons. The van der Waals surface area contributed by atoms with Gasteiger partial charge in [-0.05, 0) is 24.0 Å². The number of ether oxygens (including phenoxy) is 1. The zero-order valence-corrected chi connectivity index (χ0v) is 10.1. The normalized spacial score (nSPS) is 11.0. The fourth-order valence-electron chi connectivity index (χ4n) is 1.06. The first kappa shape index (κ1) is 15.7. The van der Waals surface area contributed by atoms with Crippen molar-refractivity contribution in [1.82, 2.24) is 4.98 Å². The van der Waals surface area contributed by atoms with Gasteiger partial charge in [-0.2, -0.15) is 0 Å². The van der Waals surface area contributed by atoms with Crippen LogP contribution in [0.25, 0.3) is 0 Å². The van der Waals surface area contributed by atoms with Gasteiger partial charge in [-0.3, -0.25) is 4.74 Å². The SMILES string of the molecule is CC(C)Cc1cccnc1N.COC(F)(F)F. The zero-order chi connectivity index (χ0) is 13.5. The molecule has 0 radical (unpaired) electrons. The maximum Gasteiger partial charge on any atom is 0.522 e. The molecule has 3 nitrogen and oxygen atoms in total. The monoisotopic (exact) mass is 250 g/mol. The van der Waals surface area contributed by atoms with Gasteiger partial charge in [0.2, 0.25) is 0 Å². The minimum absolute atomic E-state index is 0.583. The number of pyridine rings is 1. The number of nitrogen functional groups attached to an aromatic ring is 1. The topological polar surface area (TPSA) is 48.1 Å². The summed E-state index contributed by atoms with van der Waals surface area (Å²) in [4.78, 5) is 4.01. The van der Waals surface area contributed by atoms with Crippen LogP contribution in [0.3, 0.4) is 0 Å². The zero-order valence-electron chi connectivity index (χ0n) is 10.1. The highest BCUT2D eigenvalue weighted by Gasteiger charge is 2.25. The van der Waals surface area contributed by atoms with E-state index in [4.69, 9.17) is 5.73 Å². The van der Waals surface area contributed by atoms with E-state index in [0.29, 0.717) is 18.8 Å². The van der Waals surface area contributed by atoms with Gasteiger partial charge in [0, 0.05) is 13.3 Å². The van der Waals surface area contributed by atoms with Gasteiger partial charge in [-0.15, -0.1) is 13.2 Å². The quantitative estimate of drug-likeness (QED) is 0.877. The summed E-state index contributed by atoms with van der Waals surface area (Å²) in [5.41, 5.74) is 6.81. The van der Waals surface area contributed by atoms with Crippen LogP contribution < -0.4 is 5.73 Å². The van der Waals surface area contributed by atoms with Crippen LogP contribution >= 0.6 is 0 Å². The van der Waals surface area contributed by atoms with Crippen LogP contribution in [-0.2, 0) is 11.2 Å². The molecule has 6 heteroatoms. The van der Waals surface area contributed by atoms with Gasteiger partial charge < -0.3 is 5.73 Å². The molecule has 0 fully saturated rings. The molecule has 0 aromatic carbocycles. The summed E-state index contributed by atoms with van der Waals surface area (Å²) in [6.07, 6.45) is -1.72. The summed E-state index contributed by atoms with van der Waals surface area (Å²) in [6, 6.07) is 3.95. The molecular formula is C11H17F3N2O. The van der Waals surface area contributed by atoms with Gasteiger partial charge in [-0.25, -0.2) is 4.98 Å². The Hall–Kier alpha value is -1.30. The number of alkyl halides is 3. The van der Waals surface area contributed by atoms with E-state index in [1.807, 2.05) is 12.1 Å². The van der Waals surface area contributed by atoms with Crippen molar-refractivity contribution in [3.8, 4) is 0 Å². The Labute approximate surface area is 98.8 Å². The van der Waals surface area contributed by atoms with E-state index in [9.17, 15) is 13.2 Å². The van der Waals surface area contributed by atoms with E-state index >= 15 is 0 Å². The third-order valence-corrected chi connectivity index (χ3v) is 1.79. The highest BCUT2D eigenvalue weighted by Crippen LogP contribution is 2.13. The molecular weight excluding hydrogens is 233 g/mol. The van der Waals surface area contributed by atoms with Crippen molar-refractivity contribution in [1.29, 1.82) is 0 Å². The first-order valence-corrected chi connectivity index (χ1v) is 5.07. The summed E-state index contributed by atoms with van der Waals surface area (Å²) >= 11 is 0. The summed E-state index contributed by atoms with van der Waals surface area (Å²) in [5.74, 6) is 1.31. The van der Waals surface area contributed by atoms with Gasteiger partial charge in [-0.1, -0.05) is 19.9 Å². The van der Waals surface area contributed by atoms with Gasteiger partial charge in [0.15, 0.2) is 0 Å². The minimum Gasteiger partial charge on any atom is -0.383 e. The Morgan fingerprint density at radius 1 is 1.41 bits per heavy atom. The molecule has 0 bridgehead atoms. The van der Waals surface area contributed by atoms with Gasteiger partial charge in [0.05, 0.1) is 0 Å². The molecule has 0 aliphatic carbocycles. The van der Waals surface area contributed by atoms with Crippen molar-refractivity contribution in [3.63, 3.8) is 0 Å². The van der Waals surface area contributed by atoms with Crippen LogP contribution in [0.15, 0.2) is 18.3 Å². The number of nitrogens with two attached hydrogens (primary N) is 1. The second-order valence-corrected chi connectivity index (χ2v) is 3.80. The van der Waals surface area contributed by atoms with E-state index < -0.39 is 6.36 Å². The molecule has 2 N–H and O–H groups in total. The summed E-state index contributed by atoms with van der Waals surface area (Å²) < 4.78 is 34.6. The molecule has 0 amide bonds. The minimum atomic E-state index is -4.46. The first-order chi connectivity index (χ1) is 7.76. The van der Waals surface area contributed by atoms with Crippen LogP contribution in [0.4, 0.5) is 19.0 Å². The van der Waals surface area contributed by atoms with Crippen molar-refractivity contribution in [2.24, 2.45) is 5.92 Å². The summed E-state index contributed by atoms with van der Waals surface area (Å²) in [5, 5.41) is 0. The number of halogens is 3. The highest BCUT2D eigenvalue weighted by atomic mass is 19.4. The molecule has 1 heterocycles. The Kier molecular flexibility index (Phi) is 6.57. The van der Waals surface area contributed by atoms with Gasteiger partial charge in [0.25, 0.3) is 0 Å². The fraction of sp³-hybridized carbons (Fsp3) is 0.545. The Bertz CT molecular complexity index is 327. The molecule has 1 aromatic rings. The average Bonchev–Trinajstić information content (AvgIpc) is 2.21. The van der Waals surface area contributed by atoms with Crippen molar-refractivity contribution in [2.45, 2.75) is 26.6 Å². The molecule has 17 heavy (non-hydrogen) atoms. The maximum absolute atomic E-state index is 10.6. The van der Waals surface area contributed by atoms with E-state index in [0.717, 1.165) is 12.0 Å². The van der Waals surface area contributed by atoms with Crippen LogP contribution in [0, 0.1) is 5.92 Å². The molecule has 0 aliphatic heterocycles. The lowest BCUT2D eigenvalue weighted by Gasteiger charge is -2.05. The Morgan fingerprint density at radius 3 is 2.29 bits per heavy atom. The number of methoxy groups -OCH3 is 1. The molecule has 0 atom stereocenters. The number of nitrogens with zero attached hydrogens (tertiary/aromatic N) is 1. The lowest BCUT2D eigenvalue weighted by atomic mass is 10.0. The smallest absolute Gasteiger partial charge is 0.383 e. The molecule has 0 unspecified atom stereocenters. The lowest BCUT2D eigenvalue weighted by Crippen LogP contribution is -2.08. The van der Waals surface area contributed by atoms with Crippen LogP contribution in [0.5, 0.6) is 0 Å². The van der Waals surface area contributed by atoms with E-state index in [2.05, 4.69) is 23.6 Å². The number of hydrogen-bond donors (Lipinski definition) is 1. The number of aromatic nitrogens is 1. The Morgan fingerprint density at radius 2 is 1.94 bits per heavy atom. The average molecular weight is 250 g/mol. The van der Waals surface area contributed by atoms with Crippen LogP contribution in [-0.4, -0.2) is 18.5 Å². The second kappa shape index (κ2) is 7.11. The van der Waals surface area contributed by atoms with E-state index in [-0.39, 0.29) is 0 Å². The fourth-order valence-corrected chi connectivity index (χ4v) is 1.06. The number of anilines is 1. The molecule has 0 saturated carbocycles. The maximum atomic E-state index is 10.6.